The number of halogens is 1. The van der Waals surface area contributed by atoms with E-state index in [4.69, 9.17) is 16.3 Å². The van der Waals surface area contributed by atoms with Gasteiger partial charge in [0.05, 0.1) is 29.5 Å². The zero-order valence-electron chi connectivity index (χ0n) is 17.1. The molecule has 1 aliphatic heterocycles. The summed E-state index contributed by atoms with van der Waals surface area (Å²) in [5.74, 6) is 0.728. The quantitative estimate of drug-likeness (QED) is 0.529. The maximum Gasteiger partial charge on any atom is 0.128 e. The van der Waals surface area contributed by atoms with Crippen LogP contribution in [-0.4, -0.2) is 7.11 Å². The number of nitriles is 1. The Balaban J connectivity index is 2.05. The van der Waals surface area contributed by atoms with Gasteiger partial charge in [-0.2, -0.15) is 5.26 Å². The van der Waals surface area contributed by atoms with Crippen molar-refractivity contribution >= 4 is 23.0 Å². The molecular weight excluding hydrogens is 394 g/mol. The Hall–Kier alpha value is -3.42. The fourth-order valence-electron chi connectivity index (χ4n) is 4.13. The third kappa shape index (κ3) is 3.08. The summed E-state index contributed by atoms with van der Waals surface area (Å²) in [6, 6.07) is 24.2. The molecule has 5 heteroatoms. The monoisotopic (exact) mass is 415 g/mol. The molecule has 3 aromatic carbocycles. The first kappa shape index (κ1) is 19.9. The molecule has 150 valence electrons. The molecule has 4 nitrogen and oxygen atoms in total. The lowest BCUT2D eigenvalue weighted by molar-refractivity contribution is 0.412. The number of hydrogen-bond acceptors (Lipinski definition) is 4. The minimum Gasteiger partial charge on any atom is -0.496 e. The number of nitrogens with zero attached hydrogens (tertiary/aromatic N) is 1. The summed E-state index contributed by atoms with van der Waals surface area (Å²) in [7, 11) is 1.64. The number of ether oxygens (including phenoxy) is 1. The summed E-state index contributed by atoms with van der Waals surface area (Å²) in [6.07, 6.45) is 0. The van der Waals surface area contributed by atoms with Gasteiger partial charge in [0, 0.05) is 23.0 Å². The standard InChI is InChI=1S/C25H22ClN3O/c1-16-13-21(26)23(14-24(16)30-3)29-25(18-9-5-4-6-10-18)19-11-7-8-12-22(19)28-17(2)20(25)15-27/h4-14,28-29H,1-3H3. The van der Waals surface area contributed by atoms with Crippen molar-refractivity contribution in [3.63, 3.8) is 0 Å². The highest BCUT2D eigenvalue weighted by Gasteiger charge is 2.44. The van der Waals surface area contributed by atoms with Crippen molar-refractivity contribution in [2.45, 2.75) is 19.4 Å². The number of para-hydroxylation sites is 1. The van der Waals surface area contributed by atoms with Crippen LogP contribution in [0.5, 0.6) is 5.75 Å². The normalized spacial score (nSPS) is 17.6. The molecule has 0 saturated heterocycles. The number of hydrogen-bond donors (Lipinski definition) is 2. The van der Waals surface area contributed by atoms with E-state index >= 15 is 0 Å². The van der Waals surface area contributed by atoms with Crippen LogP contribution in [0, 0.1) is 18.3 Å². The summed E-state index contributed by atoms with van der Waals surface area (Å²) in [5.41, 5.74) is 4.96. The summed E-state index contributed by atoms with van der Waals surface area (Å²) in [6.45, 7) is 3.87. The lowest BCUT2D eigenvalue weighted by Crippen LogP contribution is -2.42. The first-order valence-corrected chi connectivity index (χ1v) is 10.0. The molecule has 3 aromatic rings. The lowest BCUT2D eigenvalue weighted by atomic mass is 9.73. The van der Waals surface area contributed by atoms with Crippen molar-refractivity contribution in [3.8, 4) is 11.8 Å². The summed E-state index contributed by atoms with van der Waals surface area (Å²) >= 11 is 6.65. The van der Waals surface area contributed by atoms with Gasteiger partial charge in [-0.3, -0.25) is 0 Å². The van der Waals surface area contributed by atoms with E-state index in [1.54, 1.807) is 7.11 Å². The zero-order chi connectivity index (χ0) is 21.3. The van der Waals surface area contributed by atoms with E-state index in [0.29, 0.717) is 16.3 Å². The number of rotatable bonds is 4. The van der Waals surface area contributed by atoms with Crippen LogP contribution in [0.3, 0.4) is 0 Å². The largest absolute Gasteiger partial charge is 0.496 e. The number of methoxy groups -OCH3 is 1. The van der Waals surface area contributed by atoms with Crippen LogP contribution < -0.4 is 15.4 Å². The zero-order valence-corrected chi connectivity index (χ0v) is 17.8. The highest BCUT2D eigenvalue weighted by atomic mass is 35.5. The summed E-state index contributed by atoms with van der Waals surface area (Å²) in [5, 5.41) is 17.8. The first-order chi connectivity index (χ1) is 14.5. The Bertz CT molecular complexity index is 1180. The third-order valence-corrected chi connectivity index (χ3v) is 5.84. The number of anilines is 2. The maximum absolute atomic E-state index is 10.2. The molecule has 0 aliphatic carbocycles. The Labute approximate surface area is 181 Å². The second-order valence-corrected chi connectivity index (χ2v) is 7.73. The predicted octanol–water partition coefficient (Wildman–Crippen LogP) is 6.24. The van der Waals surface area contributed by atoms with Crippen molar-refractivity contribution in [1.82, 2.24) is 0 Å². The van der Waals surface area contributed by atoms with E-state index in [2.05, 4.69) is 16.7 Å². The molecule has 0 fully saturated rings. The fraction of sp³-hybridized carbons (Fsp3) is 0.160. The van der Waals surface area contributed by atoms with Crippen LogP contribution in [0.2, 0.25) is 5.02 Å². The fourth-order valence-corrected chi connectivity index (χ4v) is 4.39. The third-order valence-electron chi connectivity index (χ3n) is 5.53. The molecule has 0 spiro atoms. The molecule has 0 bridgehead atoms. The molecule has 1 heterocycles. The van der Waals surface area contributed by atoms with Crippen LogP contribution in [0.25, 0.3) is 0 Å². The summed E-state index contributed by atoms with van der Waals surface area (Å²) < 4.78 is 5.52. The van der Waals surface area contributed by atoms with Gasteiger partial charge in [0.15, 0.2) is 0 Å². The van der Waals surface area contributed by atoms with Gasteiger partial charge in [-0.15, -0.1) is 0 Å². The lowest BCUT2D eigenvalue weighted by Gasteiger charge is -2.42. The van der Waals surface area contributed by atoms with E-state index < -0.39 is 5.54 Å². The molecule has 0 amide bonds. The van der Waals surface area contributed by atoms with Gasteiger partial charge in [-0.1, -0.05) is 60.1 Å². The SMILES string of the molecule is COc1cc(NC2(c3ccccc3)C(C#N)=C(C)Nc3ccccc32)c(Cl)cc1C. The van der Waals surface area contributed by atoms with E-state index in [0.717, 1.165) is 33.8 Å². The van der Waals surface area contributed by atoms with Crippen molar-refractivity contribution < 1.29 is 4.74 Å². The molecule has 1 atom stereocenters. The molecule has 1 unspecified atom stereocenters. The van der Waals surface area contributed by atoms with Crippen LogP contribution in [0.1, 0.15) is 23.6 Å². The Kier molecular flexibility index (Phi) is 5.15. The molecule has 0 saturated carbocycles. The van der Waals surface area contributed by atoms with Gasteiger partial charge in [-0.25, -0.2) is 0 Å². The van der Waals surface area contributed by atoms with Gasteiger partial charge in [0.2, 0.25) is 0 Å². The average molecular weight is 416 g/mol. The average Bonchev–Trinajstić information content (AvgIpc) is 2.76. The molecule has 0 aromatic heterocycles. The molecule has 0 radical (unpaired) electrons. The topological polar surface area (TPSA) is 57.1 Å². The highest BCUT2D eigenvalue weighted by Crippen LogP contribution is 2.48. The Morgan fingerprint density at radius 1 is 1.03 bits per heavy atom. The molecule has 1 aliphatic rings. The van der Waals surface area contributed by atoms with Crippen LogP contribution in [0.15, 0.2) is 78.0 Å². The maximum atomic E-state index is 10.2. The molecule has 4 rings (SSSR count). The minimum absolute atomic E-state index is 0.564. The Morgan fingerprint density at radius 2 is 1.73 bits per heavy atom. The van der Waals surface area contributed by atoms with E-state index in [1.165, 1.54) is 0 Å². The van der Waals surface area contributed by atoms with Crippen molar-refractivity contribution in [2.75, 3.05) is 17.7 Å². The van der Waals surface area contributed by atoms with E-state index in [1.807, 2.05) is 80.6 Å². The minimum atomic E-state index is -0.911. The van der Waals surface area contributed by atoms with Crippen LogP contribution in [0.4, 0.5) is 11.4 Å². The van der Waals surface area contributed by atoms with Gasteiger partial charge in [-0.05, 0) is 37.1 Å². The highest BCUT2D eigenvalue weighted by molar-refractivity contribution is 6.33. The molecule has 2 N–H and O–H groups in total. The smallest absolute Gasteiger partial charge is 0.128 e. The molecular formula is C25H22ClN3O. The van der Waals surface area contributed by atoms with Crippen molar-refractivity contribution in [1.29, 1.82) is 5.26 Å². The van der Waals surface area contributed by atoms with Crippen molar-refractivity contribution in [3.05, 3.63) is 99.7 Å². The second-order valence-electron chi connectivity index (χ2n) is 7.33. The summed E-state index contributed by atoms with van der Waals surface area (Å²) in [4.78, 5) is 0. The first-order valence-electron chi connectivity index (χ1n) is 9.67. The van der Waals surface area contributed by atoms with Crippen LogP contribution >= 0.6 is 11.6 Å². The number of nitrogens with one attached hydrogen (secondary N) is 2. The van der Waals surface area contributed by atoms with Gasteiger partial charge >= 0.3 is 0 Å². The second kappa shape index (κ2) is 7.78. The number of aryl methyl sites for hydroxylation is 1. The molecule has 30 heavy (non-hydrogen) atoms. The van der Waals surface area contributed by atoms with E-state index in [9.17, 15) is 5.26 Å². The van der Waals surface area contributed by atoms with Gasteiger partial charge < -0.3 is 15.4 Å². The predicted molar refractivity (Wildman–Crippen MR) is 122 cm³/mol. The van der Waals surface area contributed by atoms with Gasteiger partial charge in [0.25, 0.3) is 0 Å². The van der Waals surface area contributed by atoms with Crippen LogP contribution in [-0.2, 0) is 5.54 Å². The number of benzene rings is 3. The Morgan fingerprint density at radius 3 is 2.43 bits per heavy atom. The van der Waals surface area contributed by atoms with E-state index in [-0.39, 0.29) is 0 Å². The van der Waals surface area contributed by atoms with Gasteiger partial charge in [0.1, 0.15) is 11.3 Å². The van der Waals surface area contributed by atoms with Crippen molar-refractivity contribution in [2.24, 2.45) is 0 Å². The number of allylic oxidation sites excluding steroid dienone is 1. The number of fused-ring (bicyclic) bond motifs is 1.